The highest BCUT2D eigenvalue weighted by Crippen LogP contribution is 2.40. The minimum absolute atomic E-state index is 0.0507. The number of ether oxygens (including phenoxy) is 2. The van der Waals surface area contributed by atoms with E-state index < -0.39 is 5.82 Å². The van der Waals surface area contributed by atoms with Gasteiger partial charge in [-0.05, 0) is 48.7 Å². The summed E-state index contributed by atoms with van der Waals surface area (Å²) in [5, 5.41) is 16.2. The topological polar surface area (TPSA) is 147 Å². The molecule has 0 bridgehead atoms. The lowest BCUT2D eigenvalue weighted by Gasteiger charge is -2.36. The third-order valence-electron chi connectivity index (χ3n) is 9.10. The van der Waals surface area contributed by atoms with Gasteiger partial charge in [-0.25, -0.2) is 4.39 Å². The number of piperazine rings is 1. The predicted molar refractivity (Wildman–Crippen MR) is 183 cm³/mol. The van der Waals surface area contributed by atoms with E-state index in [0.29, 0.717) is 91.6 Å². The van der Waals surface area contributed by atoms with Crippen LogP contribution in [0.5, 0.6) is 11.6 Å². The van der Waals surface area contributed by atoms with Crippen molar-refractivity contribution in [2.75, 3.05) is 57.9 Å². The maximum atomic E-state index is 16.7. The molecule has 1 N–H and O–H groups in total. The average molecular weight is 681 g/mol. The second-order valence-corrected chi connectivity index (χ2v) is 12.0. The normalized spacial score (nSPS) is 14.9. The Morgan fingerprint density at radius 1 is 0.980 bits per heavy atom. The molecular weight excluding hydrogens is 643 g/mol. The molecule has 1 fully saturated rings. The second kappa shape index (κ2) is 14.3. The minimum atomic E-state index is -0.491. The number of fused-ring (bicyclic) bond motifs is 1. The van der Waals surface area contributed by atoms with Crippen LogP contribution in [0.3, 0.4) is 0 Å². The molecule has 0 atom stereocenters. The summed E-state index contributed by atoms with van der Waals surface area (Å²) in [4.78, 5) is 40.2. The van der Waals surface area contributed by atoms with Crippen LogP contribution in [0.2, 0.25) is 0 Å². The van der Waals surface area contributed by atoms with Gasteiger partial charge in [-0.1, -0.05) is 11.3 Å². The number of nitrogens with one attached hydrogen (secondary N) is 1. The van der Waals surface area contributed by atoms with Gasteiger partial charge in [0, 0.05) is 80.8 Å². The monoisotopic (exact) mass is 680 g/mol. The number of anilines is 1. The van der Waals surface area contributed by atoms with Crippen molar-refractivity contribution in [2.24, 2.45) is 0 Å². The molecule has 6 heterocycles. The number of nitrogens with zero attached hydrogens (tertiary/aromatic N) is 9. The fourth-order valence-corrected chi connectivity index (χ4v) is 6.59. The van der Waals surface area contributed by atoms with E-state index >= 15 is 4.39 Å². The number of pyridine rings is 1. The van der Waals surface area contributed by atoms with Crippen LogP contribution in [0.4, 0.5) is 10.1 Å². The van der Waals surface area contributed by atoms with Gasteiger partial charge in [0.05, 0.1) is 38.2 Å². The predicted octanol–water partition coefficient (Wildman–Crippen LogP) is 3.83. The van der Waals surface area contributed by atoms with Gasteiger partial charge in [0.15, 0.2) is 5.82 Å². The van der Waals surface area contributed by atoms with Crippen molar-refractivity contribution >= 4 is 34.0 Å². The first kappa shape index (κ1) is 32.7. The van der Waals surface area contributed by atoms with E-state index in [-0.39, 0.29) is 36.0 Å². The number of carbonyl (C=O) groups excluding carboxylic acids is 2. The van der Waals surface area contributed by atoms with Crippen LogP contribution in [0.25, 0.3) is 27.6 Å². The number of hydrogen-bond acceptors (Lipinski definition) is 10. The fourth-order valence-electron chi connectivity index (χ4n) is 6.59. The van der Waals surface area contributed by atoms with E-state index in [0.717, 1.165) is 5.69 Å². The molecule has 4 aromatic heterocycles. The molecule has 5 aromatic rings. The molecule has 258 valence electrons. The Labute approximate surface area is 287 Å². The third kappa shape index (κ3) is 6.45. The molecule has 7 rings (SSSR count). The second-order valence-electron chi connectivity index (χ2n) is 12.0. The Hall–Kier alpha value is -5.86. The summed E-state index contributed by atoms with van der Waals surface area (Å²) in [6.45, 7) is 5.53. The standard InChI is InChI=1S/C35H37FN10O4/c1-3-50-30-7-9-37-21-27(30)25-19-24(23-5-4-12-45(22-23)31(47)8-13-46-14-11-39-42-46)32(36)33-26(25)20-28(40-33)35(48)44-17-15-43(16-18-44)29-6-10-38-41-34(29)49-2/h5-7,9-11,14,19-21,40H,3-4,8,12-13,15-18,22H2,1-2H3. The SMILES string of the molecule is CCOc1ccncc1-c1cc(C2=CCCN(C(=O)CCn3ccnn3)C2)c(F)c2[nH]c(C(=O)N3CCN(c4ccnnc4OC)CC3)cc12. The summed E-state index contributed by atoms with van der Waals surface area (Å²) in [7, 11) is 1.55. The Kier molecular flexibility index (Phi) is 9.36. The van der Waals surface area contributed by atoms with Crippen molar-refractivity contribution in [3.63, 3.8) is 0 Å². The lowest BCUT2D eigenvalue weighted by atomic mass is 9.93. The van der Waals surface area contributed by atoms with E-state index in [4.69, 9.17) is 9.47 Å². The van der Waals surface area contributed by atoms with E-state index in [1.807, 2.05) is 19.1 Å². The van der Waals surface area contributed by atoms with E-state index in [1.165, 1.54) is 0 Å². The molecule has 0 saturated carbocycles. The minimum Gasteiger partial charge on any atom is -0.493 e. The van der Waals surface area contributed by atoms with Crippen molar-refractivity contribution < 1.29 is 23.5 Å². The van der Waals surface area contributed by atoms with Gasteiger partial charge in [0.25, 0.3) is 11.8 Å². The van der Waals surface area contributed by atoms with Crippen LogP contribution in [-0.4, -0.2) is 110 Å². The van der Waals surface area contributed by atoms with Crippen LogP contribution in [0.15, 0.2) is 61.3 Å². The van der Waals surface area contributed by atoms with Crippen LogP contribution in [0, 0.1) is 5.82 Å². The third-order valence-corrected chi connectivity index (χ3v) is 9.10. The number of aromatic nitrogens is 7. The number of aryl methyl sites for hydroxylation is 1. The summed E-state index contributed by atoms with van der Waals surface area (Å²) < 4.78 is 29.6. The molecule has 0 unspecified atom stereocenters. The smallest absolute Gasteiger partial charge is 0.270 e. The van der Waals surface area contributed by atoms with Gasteiger partial charge < -0.3 is 29.2 Å². The molecule has 1 saturated heterocycles. The maximum Gasteiger partial charge on any atom is 0.270 e. The van der Waals surface area contributed by atoms with Gasteiger partial charge in [-0.2, -0.15) is 5.10 Å². The highest BCUT2D eigenvalue weighted by atomic mass is 19.1. The first-order chi connectivity index (χ1) is 24.4. The molecule has 15 heteroatoms. The zero-order valence-corrected chi connectivity index (χ0v) is 27.9. The highest BCUT2D eigenvalue weighted by molar-refractivity contribution is 6.05. The summed E-state index contributed by atoms with van der Waals surface area (Å²) in [5.41, 5.74) is 3.67. The summed E-state index contributed by atoms with van der Waals surface area (Å²) >= 11 is 0. The molecule has 2 amide bonds. The number of carbonyl (C=O) groups is 2. The van der Waals surface area contributed by atoms with Crippen molar-refractivity contribution in [3.05, 3.63) is 78.4 Å². The molecule has 0 spiro atoms. The molecule has 14 nitrogen and oxygen atoms in total. The van der Waals surface area contributed by atoms with Crippen LogP contribution < -0.4 is 14.4 Å². The molecule has 0 aliphatic carbocycles. The number of methoxy groups -OCH3 is 1. The number of amides is 2. The quantitative estimate of drug-likeness (QED) is 0.231. The van der Waals surface area contributed by atoms with Crippen molar-refractivity contribution in [1.29, 1.82) is 0 Å². The number of H-pyrrole nitrogens is 1. The number of benzene rings is 1. The number of hydrogen-bond donors (Lipinski definition) is 1. The van der Waals surface area contributed by atoms with E-state index in [2.05, 4.69) is 35.4 Å². The fraction of sp³-hybridized carbons (Fsp3) is 0.343. The summed E-state index contributed by atoms with van der Waals surface area (Å²) in [6, 6.07) is 7.10. The Bertz CT molecular complexity index is 2040. The molecule has 1 aromatic carbocycles. The average Bonchev–Trinajstić information content (AvgIpc) is 3.86. The lowest BCUT2D eigenvalue weighted by Crippen LogP contribution is -2.49. The summed E-state index contributed by atoms with van der Waals surface area (Å²) in [6.07, 6.45) is 11.0. The number of rotatable bonds is 10. The lowest BCUT2D eigenvalue weighted by molar-refractivity contribution is -0.131. The number of halogens is 1. The Morgan fingerprint density at radius 3 is 2.62 bits per heavy atom. The first-order valence-corrected chi connectivity index (χ1v) is 16.6. The van der Waals surface area contributed by atoms with Gasteiger partial charge in [-0.3, -0.25) is 19.3 Å². The Balaban J connectivity index is 1.20. The molecule has 0 radical (unpaired) electrons. The van der Waals surface area contributed by atoms with Crippen molar-refractivity contribution in [1.82, 2.24) is 45.0 Å². The van der Waals surface area contributed by atoms with Gasteiger partial charge >= 0.3 is 0 Å². The zero-order valence-electron chi connectivity index (χ0n) is 27.9. The largest absolute Gasteiger partial charge is 0.493 e. The molecule has 2 aliphatic rings. The highest BCUT2D eigenvalue weighted by Gasteiger charge is 2.29. The van der Waals surface area contributed by atoms with Crippen molar-refractivity contribution in [3.8, 4) is 22.8 Å². The van der Waals surface area contributed by atoms with E-state index in [1.54, 1.807) is 70.8 Å². The maximum absolute atomic E-state index is 16.7. The van der Waals surface area contributed by atoms with Crippen molar-refractivity contribution in [2.45, 2.75) is 26.3 Å². The first-order valence-electron chi connectivity index (χ1n) is 16.6. The zero-order chi connectivity index (χ0) is 34.6. The van der Waals surface area contributed by atoms with Crippen LogP contribution in [-0.2, 0) is 11.3 Å². The van der Waals surface area contributed by atoms with Gasteiger partial charge in [0.2, 0.25) is 5.91 Å². The van der Waals surface area contributed by atoms with E-state index in [9.17, 15) is 9.59 Å². The molecule has 2 aliphatic heterocycles. The number of aromatic amines is 1. The molecular formula is C35H37FN10O4. The Morgan fingerprint density at radius 2 is 1.84 bits per heavy atom. The summed E-state index contributed by atoms with van der Waals surface area (Å²) in [5.74, 6) is 0.246. The van der Waals surface area contributed by atoms with Crippen LogP contribution >= 0.6 is 0 Å². The molecule has 50 heavy (non-hydrogen) atoms. The van der Waals surface area contributed by atoms with Crippen LogP contribution in [0.1, 0.15) is 35.8 Å². The van der Waals surface area contributed by atoms with Gasteiger partial charge in [-0.15, -0.1) is 10.2 Å². The van der Waals surface area contributed by atoms with Gasteiger partial charge in [0.1, 0.15) is 17.1 Å².